The summed E-state index contributed by atoms with van der Waals surface area (Å²) in [5, 5.41) is 4.18. The van der Waals surface area contributed by atoms with Gasteiger partial charge in [0.05, 0.1) is 6.20 Å². The minimum Gasteiger partial charge on any atom is -0.460 e. The Bertz CT molecular complexity index is 1130. The molecule has 1 fully saturated rings. The number of aryl methyl sites for hydroxylation is 2. The second-order valence-electron chi connectivity index (χ2n) is 7.28. The molecule has 0 unspecified atom stereocenters. The van der Waals surface area contributed by atoms with E-state index in [0.717, 1.165) is 54.2 Å². The van der Waals surface area contributed by atoms with E-state index < -0.39 is 0 Å². The van der Waals surface area contributed by atoms with Crippen LogP contribution in [-0.2, 0) is 14.1 Å². The van der Waals surface area contributed by atoms with Gasteiger partial charge >= 0.3 is 6.01 Å². The predicted octanol–water partition coefficient (Wildman–Crippen LogP) is 2.21. The van der Waals surface area contributed by atoms with Gasteiger partial charge in [0, 0.05) is 75.9 Å². The van der Waals surface area contributed by atoms with E-state index >= 15 is 0 Å². The Hall–Kier alpha value is -3.49. The highest BCUT2D eigenvalue weighted by molar-refractivity contribution is 5.74. The molecule has 9 heteroatoms. The number of anilines is 1. The van der Waals surface area contributed by atoms with Crippen molar-refractivity contribution >= 4 is 17.1 Å². The number of hydrogen-bond donors (Lipinski definition) is 0. The molecule has 0 aliphatic carbocycles. The largest absolute Gasteiger partial charge is 0.460 e. The standard InChI is InChI=1S/C20H22N8O/c1-26-13-15(12-24-26)14-10-22-19(23-11-14)29-16-5-8-28(9-6-16)20-25-17-4-3-7-21-18(17)27(20)2/h3-4,7,10-13,16H,5-6,8-9H2,1-2H3. The van der Waals surface area contributed by atoms with Gasteiger partial charge in [-0.05, 0) is 12.1 Å². The number of fused-ring (bicyclic) bond motifs is 1. The zero-order valence-electron chi connectivity index (χ0n) is 16.4. The molecule has 0 amide bonds. The lowest BCUT2D eigenvalue weighted by atomic mass is 10.1. The number of pyridine rings is 1. The summed E-state index contributed by atoms with van der Waals surface area (Å²) in [4.78, 5) is 20.2. The molecule has 0 N–H and O–H groups in total. The molecule has 4 aromatic rings. The third-order valence-electron chi connectivity index (χ3n) is 5.27. The summed E-state index contributed by atoms with van der Waals surface area (Å²) in [6.45, 7) is 1.74. The fraction of sp³-hybridized carbons (Fsp3) is 0.350. The van der Waals surface area contributed by atoms with Gasteiger partial charge in [-0.3, -0.25) is 9.25 Å². The van der Waals surface area contributed by atoms with Gasteiger partial charge in [0.25, 0.3) is 0 Å². The number of nitrogens with zero attached hydrogens (tertiary/aromatic N) is 8. The normalized spacial score (nSPS) is 15.2. The van der Waals surface area contributed by atoms with Crippen LogP contribution in [0.1, 0.15) is 12.8 Å². The van der Waals surface area contributed by atoms with Crippen LogP contribution in [0.4, 0.5) is 5.95 Å². The van der Waals surface area contributed by atoms with E-state index in [1.807, 2.05) is 32.4 Å². The maximum Gasteiger partial charge on any atom is 0.316 e. The van der Waals surface area contributed by atoms with E-state index in [9.17, 15) is 0 Å². The first-order valence-corrected chi connectivity index (χ1v) is 9.67. The zero-order valence-corrected chi connectivity index (χ0v) is 16.4. The van der Waals surface area contributed by atoms with E-state index in [1.165, 1.54) is 0 Å². The van der Waals surface area contributed by atoms with Crippen LogP contribution >= 0.6 is 0 Å². The second-order valence-corrected chi connectivity index (χ2v) is 7.28. The van der Waals surface area contributed by atoms with Crippen LogP contribution in [0, 0.1) is 0 Å². The highest BCUT2D eigenvalue weighted by Crippen LogP contribution is 2.24. The quantitative estimate of drug-likeness (QED) is 0.528. The topological polar surface area (TPSA) is 86.8 Å². The van der Waals surface area contributed by atoms with Gasteiger partial charge in [0.1, 0.15) is 11.6 Å². The number of ether oxygens (including phenoxy) is 1. The van der Waals surface area contributed by atoms with E-state index in [0.29, 0.717) is 6.01 Å². The first kappa shape index (κ1) is 17.6. The number of hydrogen-bond acceptors (Lipinski definition) is 7. The van der Waals surface area contributed by atoms with Crippen LogP contribution in [0.2, 0.25) is 0 Å². The molecule has 1 saturated heterocycles. The van der Waals surface area contributed by atoms with Crippen LogP contribution < -0.4 is 9.64 Å². The minimum atomic E-state index is 0.100. The summed E-state index contributed by atoms with van der Waals surface area (Å²) >= 11 is 0. The van der Waals surface area contributed by atoms with Gasteiger partial charge < -0.3 is 9.64 Å². The first-order valence-electron chi connectivity index (χ1n) is 9.67. The van der Waals surface area contributed by atoms with Crippen LogP contribution in [0.5, 0.6) is 6.01 Å². The van der Waals surface area contributed by atoms with Crippen molar-refractivity contribution in [3.8, 4) is 17.1 Å². The summed E-state index contributed by atoms with van der Waals surface area (Å²) in [5.41, 5.74) is 3.74. The first-order chi connectivity index (χ1) is 14.2. The highest BCUT2D eigenvalue weighted by atomic mass is 16.5. The molecular formula is C20H22N8O. The van der Waals surface area contributed by atoms with E-state index in [-0.39, 0.29) is 6.10 Å². The molecule has 0 saturated carbocycles. The van der Waals surface area contributed by atoms with Crippen molar-refractivity contribution in [2.75, 3.05) is 18.0 Å². The lowest BCUT2D eigenvalue weighted by Crippen LogP contribution is -2.39. The van der Waals surface area contributed by atoms with E-state index in [4.69, 9.17) is 9.72 Å². The molecule has 0 bridgehead atoms. The van der Waals surface area contributed by atoms with Crippen LogP contribution in [0.3, 0.4) is 0 Å². The average Bonchev–Trinajstić information content (AvgIpc) is 3.33. The van der Waals surface area contributed by atoms with Crippen molar-refractivity contribution in [1.82, 2.24) is 34.3 Å². The molecule has 5 heterocycles. The summed E-state index contributed by atoms with van der Waals surface area (Å²) < 4.78 is 9.83. The fourth-order valence-corrected chi connectivity index (χ4v) is 3.71. The van der Waals surface area contributed by atoms with Crippen molar-refractivity contribution in [3.63, 3.8) is 0 Å². The van der Waals surface area contributed by atoms with Crippen molar-refractivity contribution < 1.29 is 4.74 Å². The van der Waals surface area contributed by atoms with Gasteiger partial charge in [-0.25, -0.2) is 19.9 Å². The Kier molecular flexibility index (Phi) is 4.34. The van der Waals surface area contributed by atoms with Crippen molar-refractivity contribution in [1.29, 1.82) is 0 Å². The SMILES string of the molecule is Cn1cc(-c2cnc(OC3CCN(c4nc5cccnc5n4C)CC3)nc2)cn1. The van der Waals surface area contributed by atoms with Crippen LogP contribution in [0.25, 0.3) is 22.3 Å². The number of aromatic nitrogens is 7. The molecular weight excluding hydrogens is 368 g/mol. The Morgan fingerprint density at radius 3 is 2.48 bits per heavy atom. The molecule has 0 aromatic carbocycles. The smallest absolute Gasteiger partial charge is 0.316 e. The molecule has 4 aromatic heterocycles. The molecule has 5 rings (SSSR count). The van der Waals surface area contributed by atoms with E-state index in [1.54, 1.807) is 29.5 Å². The summed E-state index contributed by atoms with van der Waals surface area (Å²) in [6.07, 6.45) is 11.0. The molecule has 148 valence electrons. The van der Waals surface area contributed by atoms with Gasteiger partial charge in [-0.1, -0.05) is 0 Å². The maximum absolute atomic E-state index is 6.02. The molecule has 0 atom stereocenters. The van der Waals surface area contributed by atoms with Crippen molar-refractivity contribution in [2.24, 2.45) is 14.1 Å². The summed E-state index contributed by atoms with van der Waals surface area (Å²) in [5.74, 6) is 0.953. The minimum absolute atomic E-state index is 0.100. The number of piperidine rings is 1. The second kappa shape index (κ2) is 7.16. The molecule has 0 spiro atoms. The number of rotatable bonds is 4. The summed E-state index contributed by atoms with van der Waals surface area (Å²) in [7, 11) is 3.90. The van der Waals surface area contributed by atoms with Gasteiger partial charge in [0.2, 0.25) is 5.95 Å². The van der Waals surface area contributed by atoms with Gasteiger partial charge in [-0.2, -0.15) is 5.10 Å². The highest BCUT2D eigenvalue weighted by Gasteiger charge is 2.24. The lowest BCUT2D eigenvalue weighted by Gasteiger charge is -2.32. The molecule has 1 aliphatic heterocycles. The summed E-state index contributed by atoms with van der Waals surface area (Å²) in [6, 6.07) is 4.33. The predicted molar refractivity (Wildman–Crippen MR) is 109 cm³/mol. The Balaban J connectivity index is 1.22. The van der Waals surface area contributed by atoms with Crippen molar-refractivity contribution in [2.45, 2.75) is 18.9 Å². The Labute approximate surface area is 168 Å². The molecule has 0 radical (unpaired) electrons. The maximum atomic E-state index is 6.02. The van der Waals surface area contributed by atoms with E-state index in [2.05, 4.69) is 29.5 Å². The Morgan fingerprint density at radius 2 is 1.79 bits per heavy atom. The van der Waals surface area contributed by atoms with Crippen LogP contribution in [-0.4, -0.2) is 53.5 Å². The zero-order chi connectivity index (χ0) is 19.8. The van der Waals surface area contributed by atoms with Crippen molar-refractivity contribution in [3.05, 3.63) is 43.1 Å². The molecule has 1 aliphatic rings. The molecule has 9 nitrogen and oxygen atoms in total. The van der Waals surface area contributed by atoms with Gasteiger partial charge in [0.15, 0.2) is 5.65 Å². The fourth-order valence-electron chi connectivity index (χ4n) is 3.71. The third-order valence-corrected chi connectivity index (χ3v) is 5.27. The average molecular weight is 390 g/mol. The Morgan fingerprint density at radius 1 is 1.00 bits per heavy atom. The monoisotopic (exact) mass is 390 g/mol. The van der Waals surface area contributed by atoms with Crippen LogP contribution in [0.15, 0.2) is 43.1 Å². The third kappa shape index (κ3) is 3.39. The lowest BCUT2D eigenvalue weighted by molar-refractivity contribution is 0.156. The van der Waals surface area contributed by atoms with Gasteiger partial charge in [-0.15, -0.1) is 0 Å². The number of imidazole rings is 1. The molecule has 29 heavy (non-hydrogen) atoms.